The van der Waals surface area contributed by atoms with Crippen LogP contribution in [0.4, 0.5) is 0 Å². The minimum Gasteiger partial charge on any atom is -0.490 e. The summed E-state index contributed by atoms with van der Waals surface area (Å²) in [6, 6.07) is 6.32. The standard InChI is InChI=1S/C17H19NO5S/c19-24(20,18-14-3-1-4-15-13(14)7-10-23-15)12-5-6-16-17(11-12)22-9-2-8-21-16/h5-7,10-11,14,18H,1-4,8-9H2/t14-/m1/s1. The molecule has 0 unspecified atom stereocenters. The Hall–Kier alpha value is -1.99. The molecule has 7 heteroatoms. The molecule has 1 aromatic carbocycles. The first-order valence-electron chi connectivity index (χ1n) is 8.12. The largest absolute Gasteiger partial charge is 0.490 e. The van der Waals surface area contributed by atoms with E-state index in [1.807, 2.05) is 6.07 Å². The van der Waals surface area contributed by atoms with Gasteiger partial charge in [-0.15, -0.1) is 0 Å². The van der Waals surface area contributed by atoms with Gasteiger partial charge in [0.05, 0.1) is 30.4 Å². The van der Waals surface area contributed by atoms with E-state index in [-0.39, 0.29) is 10.9 Å². The first-order chi connectivity index (χ1) is 11.6. The van der Waals surface area contributed by atoms with Crippen molar-refractivity contribution in [2.24, 2.45) is 0 Å². The van der Waals surface area contributed by atoms with Crippen LogP contribution in [0.3, 0.4) is 0 Å². The van der Waals surface area contributed by atoms with Crippen LogP contribution < -0.4 is 14.2 Å². The van der Waals surface area contributed by atoms with Gasteiger partial charge in [-0.3, -0.25) is 0 Å². The molecule has 1 aliphatic heterocycles. The molecule has 2 heterocycles. The Morgan fingerprint density at radius 1 is 1.04 bits per heavy atom. The zero-order valence-electron chi connectivity index (χ0n) is 13.2. The Balaban J connectivity index is 1.61. The first-order valence-corrected chi connectivity index (χ1v) is 9.60. The van der Waals surface area contributed by atoms with Crippen LogP contribution >= 0.6 is 0 Å². The van der Waals surface area contributed by atoms with Crippen molar-refractivity contribution in [2.75, 3.05) is 13.2 Å². The second-order valence-corrected chi connectivity index (χ2v) is 7.74. The van der Waals surface area contributed by atoms with E-state index in [4.69, 9.17) is 13.9 Å². The maximum absolute atomic E-state index is 12.8. The van der Waals surface area contributed by atoms with Gasteiger partial charge in [-0.25, -0.2) is 13.1 Å². The maximum Gasteiger partial charge on any atom is 0.241 e. The average molecular weight is 349 g/mol. The molecule has 0 saturated heterocycles. The summed E-state index contributed by atoms with van der Waals surface area (Å²) in [5, 5.41) is 0. The molecule has 1 aromatic heterocycles. The molecule has 24 heavy (non-hydrogen) atoms. The minimum atomic E-state index is -3.65. The molecule has 4 rings (SSSR count). The molecule has 2 aromatic rings. The number of hydrogen-bond donors (Lipinski definition) is 1. The second-order valence-electron chi connectivity index (χ2n) is 6.02. The molecule has 6 nitrogen and oxygen atoms in total. The van der Waals surface area contributed by atoms with Crippen LogP contribution in [0.1, 0.15) is 36.6 Å². The number of aryl methyl sites for hydroxylation is 1. The Morgan fingerprint density at radius 2 is 1.88 bits per heavy atom. The summed E-state index contributed by atoms with van der Waals surface area (Å²) in [6.07, 6.45) is 4.90. The number of fused-ring (bicyclic) bond motifs is 2. The lowest BCUT2D eigenvalue weighted by Gasteiger charge is -2.22. The molecular weight excluding hydrogens is 330 g/mol. The Morgan fingerprint density at radius 3 is 2.75 bits per heavy atom. The van der Waals surface area contributed by atoms with Gasteiger partial charge in [-0.1, -0.05) is 0 Å². The molecule has 0 saturated carbocycles. The number of benzene rings is 1. The van der Waals surface area contributed by atoms with E-state index in [9.17, 15) is 8.42 Å². The number of nitrogens with one attached hydrogen (secondary N) is 1. The van der Waals surface area contributed by atoms with E-state index in [2.05, 4.69) is 4.72 Å². The SMILES string of the molecule is O=S(=O)(N[C@@H]1CCCc2occc21)c1ccc2c(c1)OCCCO2. The topological polar surface area (TPSA) is 77.8 Å². The van der Waals surface area contributed by atoms with Crippen molar-refractivity contribution in [2.45, 2.75) is 36.6 Å². The molecule has 1 N–H and O–H groups in total. The molecule has 1 atom stereocenters. The van der Waals surface area contributed by atoms with E-state index in [0.717, 1.165) is 37.0 Å². The minimum absolute atomic E-state index is 0.183. The Bertz CT molecular complexity index is 842. The third-order valence-corrected chi connectivity index (χ3v) is 5.85. The van der Waals surface area contributed by atoms with Crippen molar-refractivity contribution < 1.29 is 22.3 Å². The molecule has 0 radical (unpaired) electrons. The predicted octanol–water partition coefficient (Wildman–Crippen LogP) is 2.80. The molecule has 0 spiro atoms. The lowest BCUT2D eigenvalue weighted by molar-refractivity contribution is 0.297. The maximum atomic E-state index is 12.8. The fourth-order valence-electron chi connectivity index (χ4n) is 3.17. The Labute approximate surface area is 140 Å². The van der Waals surface area contributed by atoms with Crippen LogP contribution in [0.2, 0.25) is 0 Å². The first kappa shape index (κ1) is 15.5. The fourth-order valence-corrected chi connectivity index (χ4v) is 4.44. The van der Waals surface area contributed by atoms with Crippen molar-refractivity contribution in [3.05, 3.63) is 41.9 Å². The Kier molecular flexibility index (Phi) is 3.97. The van der Waals surface area contributed by atoms with Crippen molar-refractivity contribution in [1.82, 2.24) is 4.72 Å². The van der Waals surface area contributed by atoms with Crippen LogP contribution in [0.25, 0.3) is 0 Å². The van der Waals surface area contributed by atoms with E-state index in [0.29, 0.717) is 24.7 Å². The van der Waals surface area contributed by atoms with Gasteiger partial charge in [0.25, 0.3) is 0 Å². The van der Waals surface area contributed by atoms with Crippen LogP contribution in [-0.4, -0.2) is 21.6 Å². The van der Waals surface area contributed by atoms with E-state index in [1.165, 1.54) is 6.07 Å². The summed E-state index contributed by atoms with van der Waals surface area (Å²) in [5.74, 6) is 1.93. The van der Waals surface area contributed by atoms with Crippen LogP contribution in [-0.2, 0) is 16.4 Å². The van der Waals surface area contributed by atoms with Gasteiger partial charge in [0.2, 0.25) is 10.0 Å². The van der Waals surface area contributed by atoms with Crippen LogP contribution in [0.15, 0.2) is 39.8 Å². The highest BCUT2D eigenvalue weighted by molar-refractivity contribution is 7.89. The predicted molar refractivity (Wildman–Crippen MR) is 86.8 cm³/mol. The van der Waals surface area contributed by atoms with Gasteiger partial charge in [0, 0.05) is 24.5 Å². The third kappa shape index (κ3) is 2.89. The van der Waals surface area contributed by atoms with Crippen molar-refractivity contribution in [1.29, 1.82) is 0 Å². The van der Waals surface area contributed by atoms with E-state index >= 15 is 0 Å². The van der Waals surface area contributed by atoms with E-state index in [1.54, 1.807) is 18.4 Å². The number of hydrogen-bond acceptors (Lipinski definition) is 5. The molecule has 2 aliphatic rings. The van der Waals surface area contributed by atoms with Crippen molar-refractivity contribution in [3.63, 3.8) is 0 Å². The molecule has 1 aliphatic carbocycles. The monoisotopic (exact) mass is 349 g/mol. The molecule has 0 amide bonds. The summed E-state index contributed by atoms with van der Waals surface area (Å²) in [4.78, 5) is 0.183. The smallest absolute Gasteiger partial charge is 0.241 e. The molecule has 0 bridgehead atoms. The van der Waals surface area contributed by atoms with E-state index < -0.39 is 10.0 Å². The van der Waals surface area contributed by atoms with Gasteiger partial charge >= 0.3 is 0 Å². The molecular formula is C17H19NO5S. The van der Waals surface area contributed by atoms with Crippen molar-refractivity contribution >= 4 is 10.0 Å². The number of rotatable bonds is 3. The van der Waals surface area contributed by atoms with Crippen LogP contribution in [0.5, 0.6) is 11.5 Å². The van der Waals surface area contributed by atoms with Gasteiger partial charge in [-0.05, 0) is 31.0 Å². The van der Waals surface area contributed by atoms with Gasteiger partial charge < -0.3 is 13.9 Å². The lowest BCUT2D eigenvalue weighted by atomic mass is 9.94. The van der Waals surface area contributed by atoms with Crippen molar-refractivity contribution in [3.8, 4) is 11.5 Å². The summed E-state index contributed by atoms with van der Waals surface area (Å²) >= 11 is 0. The number of ether oxygens (including phenoxy) is 2. The number of furan rings is 1. The quantitative estimate of drug-likeness (QED) is 0.922. The zero-order valence-corrected chi connectivity index (χ0v) is 14.0. The van der Waals surface area contributed by atoms with Gasteiger partial charge in [0.1, 0.15) is 5.76 Å². The third-order valence-electron chi connectivity index (χ3n) is 4.38. The highest BCUT2D eigenvalue weighted by atomic mass is 32.2. The molecule has 128 valence electrons. The summed E-state index contributed by atoms with van der Waals surface area (Å²) < 4.78 is 44.9. The summed E-state index contributed by atoms with van der Waals surface area (Å²) in [5.41, 5.74) is 0.930. The highest BCUT2D eigenvalue weighted by Crippen LogP contribution is 2.34. The van der Waals surface area contributed by atoms with Crippen LogP contribution in [0, 0.1) is 0 Å². The number of sulfonamides is 1. The lowest BCUT2D eigenvalue weighted by Crippen LogP contribution is -2.30. The highest BCUT2D eigenvalue weighted by Gasteiger charge is 2.28. The fraction of sp³-hybridized carbons (Fsp3) is 0.412. The van der Waals surface area contributed by atoms with Gasteiger partial charge in [0.15, 0.2) is 11.5 Å². The zero-order chi connectivity index (χ0) is 16.6. The summed E-state index contributed by atoms with van der Waals surface area (Å²) in [7, 11) is -3.65. The second kappa shape index (κ2) is 6.14. The molecule has 0 fully saturated rings. The summed E-state index contributed by atoms with van der Waals surface area (Å²) in [6.45, 7) is 1.09. The normalized spacial score (nSPS) is 20.2. The van der Waals surface area contributed by atoms with Gasteiger partial charge in [-0.2, -0.15) is 0 Å². The average Bonchev–Trinajstić information content (AvgIpc) is 2.93.